The number of aryl methyl sites for hydroxylation is 8. The second-order valence-electron chi connectivity index (χ2n) is 19.0. The largest absolute Gasteiger partial charge is 0.351 e. The maximum Gasteiger partial charge on any atom is 0.147 e. The van der Waals surface area contributed by atoms with Gasteiger partial charge in [0.15, 0.2) is 0 Å². The monoisotopic (exact) mass is 912 g/mol. The summed E-state index contributed by atoms with van der Waals surface area (Å²) in [7, 11) is 0. The van der Waals surface area contributed by atoms with Gasteiger partial charge in [-0.05, 0) is 143 Å². The second-order valence-corrected chi connectivity index (χ2v) is 19.0. The quantitative estimate of drug-likeness (QED) is 0.149. The average Bonchev–Trinajstić information content (AvgIpc) is 3.29. The van der Waals surface area contributed by atoms with Gasteiger partial charge in [0.05, 0.1) is 52.9 Å². The summed E-state index contributed by atoms with van der Waals surface area (Å²) in [4.78, 5) is 0. The Bertz CT molecular complexity index is 2510. The summed E-state index contributed by atoms with van der Waals surface area (Å²) in [5.41, 5.74) is 18.3. The van der Waals surface area contributed by atoms with Gasteiger partial charge in [-0.15, -0.1) is 0 Å². The second kappa shape index (κ2) is 21.4. The number of ether oxygens (including phenoxy) is 8. The van der Waals surface area contributed by atoms with Crippen LogP contribution < -0.4 is 0 Å². The van der Waals surface area contributed by atoms with Gasteiger partial charge in [0.2, 0.25) is 0 Å². The zero-order valence-corrected chi connectivity index (χ0v) is 41.0. The number of benzene rings is 8. The summed E-state index contributed by atoms with van der Waals surface area (Å²) in [5.74, 6) is 0. The highest BCUT2D eigenvalue weighted by atomic mass is 16.7. The molecule has 0 N–H and O–H groups in total. The Morgan fingerprint density at radius 3 is 0.426 bits per heavy atom. The van der Waals surface area contributed by atoms with E-state index in [0.29, 0.717) is 52.9 Å². The fraction of sp³-hybridized carbons (Fsp3) is 0.333. The van der Waals surface area contributed by atoms with Gasteiger partial charge < -0.3 is 37.9 Å². The van der Waals surface area contributed by atoms with E-state index in [2.05, 4.69) is 152 Å². The standard InChI is InChI=1S/C60H64O8/c1-37-9-45-25-61-33-63-27-47-11-39(3)20-57-49(13-41(5)19-55(47)57)29-65-35-67-31-51-15-43(7)24-60-52(16-44(8)23-59(51)60)32-68-36-66-30-50-14-42(6)21-56-48(12-40(4)22-58(50)56)28-64-34-62-26-46-10-38(2)18-54(45)53(46)17-37/h9-24H,25-36H2,1-8H3. The van der Waals surface area contributed by atoms with E-state index in [9.17, 15) is 0 Å². The third-order valence-electron chi connectivity index (χ3n) is 12.8. The molecule has 0 fully saturated rings. The molecule has 0 aliphatic carbocycles. The predicted octanol–water partition coefficient (Wildman–Crippen LogP) is 13.8. The van der Waals surface area contributed by atoms with Gasteiger partial charge in [-0.3, -0.25) is 0 Å². The number of rotatable bonds is 0. The van der Waals surface area contributed by atoms with Crippen LogP contribution in [0.15, 0.2) is 97.1 Å². The van der Waals surface area contributed by atoms with Crippen molar-refractivity contribution in [1.29, 1.82) is 0 Å². The third-order valence-corrected chi connectivity index (χ3v) is 12.8. The molecule has 0 amide bonds. The lowest BCUT2D eigenvalue weighted by atomic mass is 9.96. The minimum Gasteiger partial charge on any atom is -0.351 e. The Balaban J connectivity index is 0.972. The summed E-state index contributed by atoms with van der Waals surface area (Å²) < 4.78 is 49.9. The molecule has 0 saturated carbocycles. The molecule has 0 spiro atoms. The molecule has 1 heterocycles. The highest BCUT2D eigenvalue weighted by molar-refractivity contribution is 5.92. The van der Waals surface area contributed by atoms with Gasteiger partial charge in [0.25, 0.3) is 0 Å². The molecule has 0 atom stereocenters. The van der Waals surface area contributed by atoms with Crippen LogP contribution in [-0.4, -0.2) is 27.2 Å². The van der Waals surface area contributed by atoms with Gasteiger partial charge in [-0.1, -0.05) is 142 Å². The smallest absolute Gasteiger partial charge is 0.147 e. The Hall–Kier alpha value is -5.52. The van der Waals surface area contributed by atoms with Crippen molar-refractivity contribution >= 4 is 43.1 Å². The van der Waals surface area contributed by atoms with E-state index in [1.807, 2.05) is 0 Å². The van der Waals surface area contributed by atoms with Gasteiger partial charge in [0, 0.05) is 0 Å². The van der Waals surface area contributed by atoms with Crippen LogP contribution >= 0.6 is 0 Å². The first-order chi connectivity index (χ1) is 32.9. The van der Waals surface area contributed by atoms with Gasteiger partial charge in [-0.25, -0.2) is 0 Å². The molecule has 8 nitrogen and oxygen atoms in total. The zero-order chi connectivity index (χ0) is 47.3. The lowest BCUT2D eigenvalue weighted by Gasteiger charge is -2.17. The van der Waals surface area contributed by atoms with Crippen LogP contribution in [0.5, 0.6) is 0 Å². The SMILES string of the molecule is Cc1cc2c3cc(C)cc(c3c1)COCOCc1cc(C)cc3c(cc(C)cc13)COCOCc1cc(C)cc3c(cc(C)cc13)COCOCc1cc(C)cc3c(cc(C)cc13)COCOC2. The third kappa shape index (κ3) is 11.2. The highest BCUT2D eigenvalue weighted by Gasteiger charge is 2.15. The summed E-state index contributed by atoms with van der Waals surface area (Å²) in [6.45, 7) is 21.1. The van der Waals surface area contributed by atoms with E-state index >= 15 is 0 Å². The van der Waals surface area contributed by atoms with Crippen molar-refractivity contribution in [3.63, 3.8) is 0 Å². The molecule has 0 unspecified atom stereocenters. The molecule has 68 heavy (non-hydrogen) atoms. The molecule has 16 bridgehead atoms. The van der Waals surface area contributed by atoms with Crippen LogP contribution in [0.25, 0.3) is 43.1 Å². The molecular formula is C60H64O8. The fourth-order valence-electron chi connectivity index (χ4n) is 10.1. The number of hydrogen-bond donors (Lipinski definition) is 0. The lowest BCUT2D eigenvalue weighted by molar-refractivity contribution is -0.0690. The van der Waals surface area contributed by atoms with Crippen LogP contribution in [0, 0.1) is 55.4 Å². The van der Waals surface area contributed by atoms with E-state index < -0.39 is 0 Å². The Labute approximate surface area is 401 Å². The molecule has 8 heteroatoms. The van der Waals surface area contributed by atoms with Crippen molar-refractivity contribution in [2.24, 2.45) is 0 Å². The van der Waals surface area contributed by atoms with Gasteiger partial charge in [-0.2, -0.15) is 0 Å². The van der Waals surface area contributed by atoms with E-state index in [1.165, 1.54) is 0 Å². The fourth-order valence-corrected chi connectivity index (χ4v) is 10.1. The minimum atomic E-state index is 0.166. The van der Waals surface area contributed by atoms with Gasteiger partial charge >= 0.3 is 0 Å². The molecule has 0 radical (unpaired) electrons. The minimum absolute atomic E-state index is 0.166. The summed E-state index contributed by atoms with van der Waals surface area (Å²) >= 11 is 0. The molecule has 1 aliphatic heterocycles. The molecule has 8 aromatic carbocycles. The first kappa shape index (κ1) is 47.5. The zero-order valence-electron chi connectivity index (χ0n) is 41.0. The first-order valence-corrected chi connectivity index (χ1v) is 23.7. The molecular weight excluding hydrogens is 849 g/mol. The number of hydrogen-bond acceptors (Lipinski definition) is 8. The molecule has 0 aromatic heterocycles. The predicted molar refractivity (Wildman–Crippen MR) is 271 cm³/mol. The highest BCUT2D eigenvalue weighted by Crippen LogP contribution is 2.32. The topological polar surface area (TPSA) is 73.8 Å². The van der Waals surface area contributed by atoms with E-state index in [1.54, 1.807) is 0 Å². The Morgan fingerprint density at radius 1 is 0.191 bits per heavy atom. The normalized spacial score (nSPS) is 15.6. The van der Waals surface area contributed by atoms with Crippen LogP contribution in [0.1, 0.15) is 89.0 Å². The van der Waals surface area contributed by atoms with Crippen molar-refractivity contribution in [2.45, 2.75) is 108 Å². The first-order valence-electron chi connectivity index (χ1n) is 23.7. The summed E-state index contributed by atoms with van der Waals surface area (Å²) in [6.07, 6.45) is 0. The molecule has 352 valence electrons. The van der Waals surface area contributed by atoms with E-state index in [0.717, 1.165) is 132 Å². The summed E-state index contributed by atoms with van der Waals surface area (Å²) in [5, 5.41) is 9.25. The van der Waals surface area contributed by atoms with E-state index in [4.69, 9.17) is 37.9 Å². The lowest BCUT2D eigenvalue weighted by Crippen LogP contribution is -2.05. The maximum absolute atomic E-state index is 6.23. The van der Waals surface area contributed by atoms with Crippen molar-refractivity contribution in [3.8, 4) is 0 Å². The maximum atomic E-state index is 6.23. The van der Waals surface area contributed by atoms with Crippen molar-refractivity contribution < 1.29 is 37.9 Å². The average molecular weight is 913 g/mol. The molecule has 0 saturated heterocycles. The Morgan fingerprint density at radius 2 is 0.309 bits per heavy atom. The van der Waals surface area contributed by atoms with Crippen molar-refractivity contribution in [1.82, 2.24) is 0 Å². The van der Waals surface area contributed by atoms with Crippen LogP contribution in [0.2, 0.25) is 0 Å². The van der Waals surface area contributed by atoms with Crippen molar-refractivity contribution in [3.05, 3.63) is 186 Å². The summed E-state index contributed by atoms with van der Waals surface area (Å²) in [6, 6.07) is 35.5. The van der Waals surface area contributed by atoms with Gasteiger partial charge in [0.1, 0.15) is 27.2 Å². The van der Waals surface area contributed by atoms with Crippen molar-refractivity contribution in [2.75, 3.05) is 27.2 Å². The Kier molecular flexibility index (Phi) is 15.0. The molecule has 1 aliphatic rings. The van der Waals surface area contributed by atoms with Crippen LogP contribution in [0.4, 0.5) is 0 Å². The molecule has 8 aromatic rings. The van der Waals surface area contributed by atoms with E-state index in [-0.39, 0.29) is 27.2 Å². The molecule has 9 rings (SSSR count). The van der Waals surface area contributed by atoms with Crippen LogP contribution in [-0.2, 0) is 90.7 Å². The van der Waals surface area contributed by atoms with Crippen LogP contribution in [0.3, 0.4) is 0 Å².